The quantitative estimate of drug-likeness (QED) is 0.842. The van der Waals surface area contributed by atoms with Gasteiger partial charge in [0, 0.05) is 24.4 Å². The number of nitrogens with one attached hydrogen (secondary N) is 1. The Bertz CT molecular complexity index is 619. The number of carbonyl (C=O) groups excluding carboxylic acids is 1. The van der Waals surface area contributed by atoms with Gasteiger partial charge in [-0.1, -0.05) is 23.9 Å². The van der Waals surface area contributed by atoms with Gasteiger partial charge >= 0.3 is 0 Å². The molecule has 3 rings (SSSR count). The third-order valence-electron chi connectivity index (χ3n) is 3.44. The van der Waals surface area contributed by atoms with Crippen LogP contribution in [0, 0.1) is 0 Å². The van der Waals surface area contributed by atoms with E-state index >= 15 is 0 Å². The van der Waals surface area contributed by atoms with E-state index in [1.807, 2.05) is 29.2 Å². The number of hydrogen-bond donors (Lipinski definition) is 2. The summed E-state index contributed by atoms with van der Waals surface area (Å²) >= 11 is 1.51. The van der Waals surface area contributed by atoms with Crippen molar-refractivity contribution in [3.63, 3.8) is 0 Å². The van der Waals surface area contributed by atoms with Gasteiger partial charge in [0.25, 0.3) is 5.91 Å². The molecule has 6 nitrogen and oxygen atoms in total. The van der Waals surface area contributed by atoms with Crippen LogP contribution in [-0.2, 0) is 5.75 Å². The Kier molecular flexibility index (Phi) is 4.10. The first-order chi connectivity index (χ1) is 10.2. The molecule has 1 aromatic carbocycles. The van der Waals surface area contributed by atoms with Gasteiger partial charge in [-0.2, -0.15) is 4.98 Å². The number of rotatable bonds is 4. The minimum absolute atomic E-state index is 0.133. The van der Waals surface area contributed by atoms with Gasteiger partial charge in [0.05, 0.1) is 0 Å². The van der Waals surface area contributed by atoms with Crippen molar-refractivity contribution in [1.82, 2.24) is 20.1 Å². The number of amides is 1. The zero-order valence-corrected chi connectivity index (χ0v) is 12.4. The van der Waals surface area contributed by atoms with E-state index in [0.717, 1.165) is 42.8 Å². The lowest BCUT2D eigenvalue weighted by Gasteiger charge is -2.15. The van der Waals surface area contributed by atoms with Crippen LogP contribution in [0.2, 0.25) is 0 Å². The zero-order valence-electron chi connectivity index (χ0n) is 11.6. The molecule has 1 aliphatic rings. The molecule has 110 valence electrons. The number of hydrogen-bond acceptors (Lipinski definition) is 5. The molecule has 0 radical (unpaired) electrons. The summed E-state index contributed by atoms with van der Waals surface area (Å²) in [5, 5.41) is 7.21. The highest BCUT2D eigenvalue weighted by Gasteiger charge is 2.19. The van der Waals surface area contributed by atoms with Crippen LogP contribution in [0.15, 0.2) is 29.4 Å². The van der Waals surface area contributed by atoms with Crippen molar-refractivity contribution in [3.05, 3.63) is 35.4 Å². The van der Waals surface area contributed by atoms with Crippen molar-refractivity contribution in [2.24, 2.45) is 0 Å². The molecule has 0 spiro atoms. The third-order valence-corrected chi connectivity index (χ3v) is 4.36. The van der Waals surface area contributed by atoms with E-state index in [9.17, 15) is 4.79 Å². The Hall–Kier alpha value is -2.02. The molecule has 1 amide bonds. The van der Waals surface area contributed by atoms with E-state index in [0.29, 0.717) is 11.1 Å². The first kappa shape index (κ1) is 13.9. The molecule has 2 heterocycles. The van der Waals surface area contributed by atoms with Gasteiger partial charge in [-0.3, -0.25) is 4.79 Å². The number of nitrogen functional groups attached to an aromatic ring is 1. The van der Waals surface area contributed by atoms with Crippen LogP contribution in [0.1, 0.15) is 28.8 Å². The van der Waals surface area contributed by atoms with Crippen LogP contribution >= 0.6 is 11.8 Å². The number of anilines is 1. The van der Waals surface area contributed by atoms with Gasteiger partial charge in [-0.25, -0.2) is 5.10 Å². The van der Waals surface area contributed by atoms with Crippen molar-refractivity contribution >= 4 is 23.6 Å². The fraction of sp³-hybridized carbons (Fsp3) is 0.357. The van der Waals surface area contributed by atoms with Crippen LogP contribution < -0.4 is 5.73 Å². The van der Waals surface area contributed by atoms with Crippen LogP contribution in [-0.4, -0.2) is 39.1 Å². The number of aromatic nitrogens is 3. The van der Waals surface area contributed by atoms with E-state index in [2.05, 4.69) is 15.2 Å². The smallest absolute Gasteiger partial charge is 0.253 e. The molecule has 0 aliphatic carbocycles. The molecule has 1 saturated heterocycles. The van der Waals surface area contributed by atoms with Crippen molar-refractivity contribution in [2.75, 3.05) is 18.8 Å². The van der Waals surface area contributed by atoms with Gasteiger partial charge in [0.15, 0.2) is 0 Å². The molecule has 0 bridgehead atoms. The Morgan fingerprint density at radius 3 is 2.62 bits per heavy atom. The second kappa shape index (κ2) is 6.17. The summed E-state index contributed by atoms with van der Waals surface area (Å²) in [6.45, 7) is 1.76. The average molecular weight is 303 g/mol. The van der Waals surface area contributed by atoms with Gasteiger partial charge < -0.3 is 10.6 Å². The van der Waals surface area contributed by atoms with Gasteiger partial charge in [-0.05, 0) is 30.5 Å². The Morgan fingerprint density at radius 1 is 1.29 bits per heavy atom. The Labute approximate surface area is 127 Å². The topological polar surface area (TPSA) is 87.9 Å². The third kappa shape index (κ3) is 3.36. The first-order valence-corrected chi connectivity index (χ1v) is 7.90. The Balaban J connectivity index is 1.59. The number of thioether (sulfide) groups is 1. The zero-order chi connectivity index (χ0) is 14.7. The molecule has 1 fully saturated rings. The number of aromatic amines is 1. The van der Waals surface area contributed by atoms with Crippen LogP contribution in [0.25, 0.3) is 0 Å². The molecular formula is C14H17N5OS. The van der Waals surface area contributed by atoms with Crippen LogP contribution in [0.4, 0.5) is 5.95 Å². The fourth-order valence-corrected chi connectivity index (χ4v) is 3.08. The molecule has 1 aromatic heterocycles. The predicted octanol–water partition coefficient (Wildman–Crippen LogP) is 1.92. The summed E-state index contributed by atoms with van der Waals surface area (Å²) < 4.78 is 0. The molecule has 7 heteroatoms. The number of H-pyrrole nitrogens is 1. The second-order valence-corrected chi connectivity index (χ2v) is 5.93. The molecule has 1 aliphatic heterocycles. The molecular weight excluding hydrogens is 286 g/mol. The summed E-state index contributed by atoms with van der Waals surface area (Å²) in [6.07, 6.45) is 2.22. The van der Waals surface area contributed by atoms with Gasteiger partial charge in [0.2, 0.25) is 11.1 Å². The average Bonchev–Trinajstić information content (AvgIpc) is 3.16. The summed E-state index contributed by atoms with van der Waals surface area (Å²) in [5.74, 6) is 1.20. The highest BCUT2D eigenvalue weighted by Crippen LogP contribution is 2.20. The number of nitrogens with two attached hydrogens (primary N) is 1. The molecule has 2 aromatic rings. The maximum absolute atomic E-state index is 12.2. The minimum Gasteiger partial charge on any atom is -0.368 e. The normalized spacial score (nSPS) is 14.6. The van der Waals surface area contributed by atoms with Crippen molar-refractivity contribution < 1.29 is 4.79 Å². The summed E-state index contributed by atoms with van der Waals surface area (Å²) in [4.78, 5) is 18.2. The van der Waals surface area contributed by atoms with Crippen LogP contribution in [0.5, 0.6) is 0 Å². The van der Waals surface area contributed by atoms with E-state index in [4.69, 9.17) is 5.73 Å². The van der Waals surface area contributed by atoms with Gasteiger partial charge in [0.1, 0.15) is 0 Å². The SMILES string of the molecule is Nc1nc(SCc2ccc(C(=O)N3CCCC3)cc2)n[nH]1. The molecule has 3 N–H and O–H groups in total. The molecule has 0 unspecified atom stereocenters. The summed E-state index contributed by atoms with van der Waals surface area (Å²) in [5.41, 5.74) is 7.36. The molecule has 21 heavy (non-hydrogen) atoms. The lowest BCUT2D eigenvalue weighted by atomic mass is 10.1. The minimum atomic E-state index is 0.133. The van der Waals surface area contributed by atoms with E-state index in [1.54, 1.807) is 0 Å². The first-order valence-electron chi connectivity index (χ1n) is 6.91. The number of benzene rings is 1. The number of likely N-dealkylation sites (tertiary alicyclic amines) is 1. The standard InChI is InChI=1S/C14H17N5OS/c15-13-16-14(18-17-13)21-9-10-3-5-11(6-4-10)12(20)19-7-1-2-8-19/h3-6H,1-2,7-9H2,(H3,15,16,17,18). The van der Waals surface area contributed by atoms with Crippen molar-refractivity contribution in [2.45, 2.75) is 23.8 Å². The highest BCUT2D eigenvalue weighted by atomic mass is 32.2. The summed E-state index contributed by atoms with van der Waals surface area (Å²) in [6, 6.07) is 7.74. The predicted molar refractivity (Wildman–Crippen MR) is 81.9 cm³/mol. The molecule has 0 saturated carbocycles. The number of carbonyl (C=O) groups is 1. The van der Waals surface area contributed by atoms with Crippen molar-refractivity contribution in [1.29, 1.82) is 0 Å². The monoisotopic (exact) mass is 303 g/mol. The fourth-order valence-electron chi connectivity index (χ4n) is 2.32. The summed E-state index contributed by atoms with van der Waals surface area (Å²) in [7, 11) is 0. The lowest BCUT2D eigenvalue weighted by molar-refractivity contribution is 0.0793. The maximum Gasteiger partial charge on any atom is 0.253 e. The maximum atomic E-state index is 12.2. The highest BCUT2D eigenvalue weighted by molar-refractivity contribution is 7.98. The largest absolute Gasteiger partial charge is 0.368 e. The van der Waals surface area contributed by atoms with E-state index < -0.39 is 0 Å². The second-order valence-electron chi connectivity index (χ2n) is 4.99. The van der Waals surface area contributed by atoms with E-state index in [1.165, 1.54) is 11.8 Å². The number of nitrogens with zero attached hydrogens (tertiary/aromatic N) is 3. The lowest BCUT2D eigenvalue weighted by Crippen LogP contribution is -2.27. The van der Waals surface area contributed by atoms with E-state index in [-0.39, 0.29) is 5.91 Å². The Morgan fingerprint density at radius 2 is 2.00 bits per heavy atom. The van der Waals surface area contributed by atoms with Gasteiger partial charge in [-0.15, -0.1) is 5.10 Å². The molecule has 0 atom stereocenters. The van der Waals surface area contributed by atoms with Crippen LogP contribution in [0.3, 0.4) is 0 Å². The van der Waals surface area contributed by atoms with Crippen molar-refractivity contribution in [3.8, 4) is 0 Å².